The van der Waals surface area contributed by atoms with E-state index in [-0.39, 0.29) is 12.3 Å². The van der Waals surface area contributed by atoms with E-state index in [9.17, 15) is 9.59 Å². The van der Waals surface area contributed by atoms with Gasteiger partial charge in [0, 0.05) is 18.3 Å². The number of hydrogen-bond donors (Lipinski definition) is 1. The van der Waals surface area contributed by atoms with Crippen LogP contribution in [0.1, 0.15) is 44.6 Å². The summed E-state index contributed by atoms with van der Waals surface area (Å²) >= 11 is 0. The molecule has 0 saturated heterocycles. The topological polar surface area (TPSA) is 73.2 Å². The van der Waals surface area contributed by atoms with Crippen LogP contribution in [0.25, 0.3) is 0 Å². The molecule has 1 heterocycles. The Morgan fingerprint density at radius 2 is 1.90 bits per heavy atom. The van der Waals surface area contributed by atoms with Gasteiger partial charge in [-0.3, -0.25) is 9.48 Å². The second-order valence-corrected chi connectivity index (χ2v) is 6.27. The van der Waals surface area contributed by atoms with Gasteiger partial charge >= 0.3 is 5.97 Å². The zero-order valence-electron chi connectivity index (χ0n) is 13.9. The minimum absolute atomic E-state index is 0.207. The number of aryl methyl sites for hydroxylation is 2. The van der Waals surface area contributed by atoms with E-state index in [1.807, 2.05) is 20.9 Å². The second-order valence-electron chi connectivity index (χ2n) is 6.27. The van der Waals surface area contributed by atoms with Crippen LogP contribution in [0.15, 0.2) is 0 Å². The van der Waals surface area contributed by atoms with Crippen molar-refractivity contribution in [1.82, 2.24) is 15.1 Å². The van der Waals surface area contributed by atoms with E-state index in [4.69, 9.17) is 4.74 Å². The number of rotatable bonds is 4. The lowest BCUT2D eigenvalue weighted by molar-refractivity contribution is -0.158. The fourth-order valence-electron chi connectivity index (χ4n) is 1.98. The van der Waals surface area contributed by atoms with Crippen LogP contribution in [0.3, 0.4) is 0 Å². The molecule has 118 valence electrons. The van der Waals surface area contributed by atoms with Crippen molar-refractivity contribution in [2.24, 2.45) is 7.05 Å². The quantitative estimate of drug-likeness (QED) is 0.853. The van der Waals surface area contributed by atoms with Crippen LogP contribution in [-0.2, 0) is 27.8 Å². The average molecular weight is 295 g/mol. The van der Waals surface area contributed by atoms with Gasteiger partial charge in [-0.15, -0.1) is 0 Å². The van der Waals surface area contributed by atoms with E-state index >= 15 is 0 Å². The van der Waals surface area contributed by atoms with Crippen LogP contribution < -0.4 is 5.32 Å². The van der Waals surface area contributed by atoms with Crippen LogP contribution >= 0.6 is 0 Å². The van der Waals surface area contributed by atoms with Gasteiger partial charge in [-0.25, -0.2) is 4.79 Å². The van der Waals surface area contributed by atoms with Gasteiger partial charge in [0.25, 0.3) is 0 Å². The predicted molar refractivity (Wildman–Crippen MR) is 79.8 cm³/mol. The monoisotopic (exact) mass is 295 g/mol. The number of carbonyl (C=O) groups is 2. The molecule has 0 fully saturated rings. The normalized spacial score (nSPS) is 12.9. The molecule has 1 N–H and O–H groups in total. The molecule has 0 spiro atoms. The maximum absolute atomic E-state index is 12.1. The Balaban J connectivity index is 2.63. The molecule has 0 radical (unpaired) electrons. The third-order valence-corrected chi connectivity index (χ3v) is 3.13. The summed E-state index contributed by atoms with van der Waals surface area (Å²) in [6.07, 6.45) is 0.207. The molecule has 1 rings (SSSR count). The van der Waals surface area contributed by atoms with Crippen molar-refractivity contribution in [3.05, 3.63) is 17.0 Å². The molecular formula is C15H25N3O3. The lowest BCUT2D eigenvalue weighted by atomic mass is 10.1. The maximum atomic E-state index is 12.1. The molecule has 0 bridgehead atoms. The number of nitrogens with one attached hydrogen (secondary N) is 1. The highest BCUT2D eigenvalue weighted by atomic mass is 16.6. The predicted octanol–water partition coefficient (Wildman–Crippen LogP) is 1.43. The van der Waals surface area contributed by atoms with Gasteiger partial charge in [0.05, 0.1) is 12.1 Å². The summed E-state index contributed by atoms with van der Waals surface area (Å²) in [5.74, 6) is -0.650. The van der Waals surface area contributed by atoms with Crippen LogP contribution in [0.4, 0.5) is 0 Å². The highest BCUT2D eigenvalue weighted by Gasteiger charge is 2.23. The molecule has 21 heavy (non-hydrogen) atoms. The van der Waals surface area contributed by atoms with Crippen LogP contribution in [0.5, 0.6) is 0 Å². The first-order valence-corrected chi connectivity index (χ1v) is 7.02. The van der Waals surface area contributed by atoms with Crippen molar-refractivity contribution in [3.8, 4) is 0 Å². The van der Waals surface area contributed by atoms with Gasteiger partial charge in [-0.05, 0) is 41.5 Å². The molecule has 0 aliphatic heterocycles. The lowest BCUT2D eigenvalue weighted by Gasteiger charge is -2.22. The SMILES string of the molecule is Cc1nn(C)c(C)c1CC(=O)N[C@@H](C)C(=O)OC(C)(C)C. The number of nitrogens with zero attached hydrogens (tertiary/aromatic N) is 2. The zero-order chi connectivity index (χ0) is 16.4. The molecule has 1 aromatic rings. The van der Waals surface area contributed by atoms with Crippen molar-refractivity contribution in [1.29, 1.82) is 0 Å². The lowest BCUT2D eigenvalue weighted by Crippen LogP contribution is -2.42. The first-order chi connectivity index (χ1) is 9.51. The second kappa shape index (κ2) is 6.28. The summed E-state index contributed by atoms with van der Waals surface area (Å²) in [5, 5.41) is 6.94. The molecule has 0 aromatic carbocycles. The molecule has 1 atom stereocenters. The van der Waals surface area contributed by atoms with Crippen LogP contribution in [0, 0.1) is 13.8 Å². The molecule has 1 aromatic heterocycles. The number of hydrogen-bond acceptors (Lipinski definition) is 4. The van der Waals surface area contributed by atoms with Crippen LogP contribution in [0.2, 0.25) is 0 Å². The van der Waals surface area contributed by atoms with E-state index < -0.39 is 17.6 Å². The van der Waals surface area contributed by atoms with Crippen molar-refractivity contribution in [2.45, 2.75) is 59.6 Å². The van der Waals surface area contributed by atoms with Gasteiger partial charge in [0.1, 0.15) is 11.6 Å². The Labute approximate surface area is 125 Å². The largest absolute Gasteiger partial charge is 0.458 e. The molecule has 6 heteroatoms. The first-order valence-electron chi connectivity index (χ1n) is 7.02. The van der Waals surface area contributed by atoms with Crippen molar-refractivity contribution >= 4 is 11.9 Å². The highest BCUT2D eigenvalue weighted by Crippen LogP contribution is 2.13. The van der Waals surface area contributed by atoms with Gasteiger partial charge < -0.3 is 10.1 Å². The Morgan fingerprint density at radius 3 is 2.33 bits per heavy atom. The average Bonchev–Trinajstić information content (AvgIpc) is 2.53. The number of esters is 1. The van der Waals surface area contributed by atoms with Gasteiger partial charge in [-0.2, -0.15) is 5.10 Å². The van der Waals surface area contributed by atoms with E-state index in [2.05, 4.69) is 10.4 Å². The molecule has 6 nitrogen and oxygen atoms in total. The number of amides is 1. The summed E-state index contributed by atoms with van der Waals surface area (Å²) in [6, 6.07) is -0.672. The molecule has 0 aliphatic rings. The number of aromatic nitrogens is 2. The molecular weight excluding hydrogens is 270 g/mol. The van der Waals surface area contributed by atoms with Gasteiger partial charge in [0.2, 0.25) is 5.91 Å². The standard InChI is InChI=1S/C15H25N3O3/c1-9-12(11(3)18(7)17-9)8-13(19)16-10(2)14(20)21-15(4,5)6/h10H,8H2,1-7H3,(H,16,19)/t10-/m0/s1. The van der Waals surface area contributed by atoms with E-state index in [0.717, 1.165) is 17.0 Å². The van der Waals surface area contributed by atoms with E-state index in [1.54, 1.807) is 32.4 Å². The van der Waals surface area contributed by atoms with Crippen molar-refractivity contribution in [2.75, 3.05) is 0 Å². The summed E-state index contributed by atoms with van der Waals surface area (Å²) in [4.78, 5) is 23.9. The number of carbonyl (C=O) groups excluding carboxylic acids is 2. The third-order valence-electron chi connectivity index (χ3n) is 3.13. The summed E-state index contributed by atoms with van der Waals surface area (Å²) in [7, 11) is 1.84. The smallest absolute Gasteiger partial charge is 0.328 e. The summed E-state index contributed by atoms with van der Waals surface area (Å²) in [5.41, 5.74) is 2.11. The Kier molecular flexibility index (Phi) is 5.15. The maximum Gasteiger partial charge on any atom is 0.328 e. The zero-order valence-corrected chi connectivity index (χ0v) is 13.9. The summed E-state index contributed by atoms with van der Waals surface area (Å²) < 4.78 is 6.98. The minimum atomic E-state index is -0.672. The fraction of sp³-hybridized carbons (Fsp3) is 0.667. The summed E-state index contributed by atoms with van der Waals surface area (Å²) in [6.45, 7) is 10.8. The Morgan fingerprint density at radius 1 is 1.33 bits per heavy atom. The number of ether oxygens (including phenoxy) is 1. The van der Waals surface area contributed by atoms with E-state index in [1.165, 1.54) is 0 Å². The van der Waals surface area contributed by atoms with Crippen molar-refractivity contribution in [3.63, 3.8) is 0 Å². The molecule has 0 aliphatic carbocycles. The highest BCUT2D eigenvalue weighted by molar-refractivity contribution is 5.85. The minimum Gasteiger partial charge on any atom is -0.458 e. The molecule has 1 amide bonds. The van der Waals surface area contributed by atoms with Crippen molar-refractivity contribution < 1.29 is 14.3 Å². The van der Waals surface area contributed by atoms with E-state index in [0.29, 0.717) is 0 Å². The fourth-order valence-corrected chi connectivity index (χ4v) is 1.98. The Bertz CT molecular complexity index is 541. The first kappa shape index (κ1) is 17.2. The molecule has 0 unspecified atom stereocenters. The van der Waals surface area contributed by atoms with Gasteiger partial charge in [0.15, 0.2) is 0 Å². The Hall–Kier alpha value is -1.85. The van der Waals surface area contributed by atoms with Crippen LogP contribution in [-0.4, -0.2) is 33.3 Å². The third kappa shape index (κ3) is 4.88. The molecule has 0 saturated carbocycles. The van der Waals surface area contributed by atoms with Gasteiger partial charge in [-0.1, -0.05) is 0 Å².